The highest BCUT2D eigenvalue weighted by atomic mass is 32.1. The zero-order valence-electron chi connectivity index (χ0n) is 18.9. The van der Waals surface area contributed by atoms with Gasteiger partial charge in [-0.15, -0.1) is 22.7 Å². The van der Waals surface area contributed by atoms with E-state index >= 15 is 0 Å². The Morgan fingerprint density at radius 3 is 2.85 bits per heavy atom. The number of nitrogens with one attached hydrogen (secondary N) is 2. The van der Waals surface area contributed by atoms with Gasteiger partial charge < -0.3 is 15.7 Å². The summed E-state index contributed by atoms with van der Waals surface area (Å²) in [5.41, 5.74) is 2.69. The molecule has 10 heteroatoms. The van der Waals surface area contributed by atoms with Crippen molar-refractivity contribution in [3.8, 4) is 10.6 Å². The average molecular weight is 494 g/mol. The summed E-state index contributed by atoms with van der Waals surface area (Å²) in [5, 5.41) is 21.8. The van der Waals surface area contributed by atoms with Gasteiger partial charge in [-0.3, -0.25) is 4.98 Å². The quantitative estimate of drug-likeness (QED) is 0.329. The molecule has 0 bridgehead atoms. The van der Waals surface area contributed by atoms with Crippen molar-refractivity contribution in [1.29, 1.82) is 0 Å². The third-order valence-electron chi connectivity index (χ3n) is 6.66. The van der Waals surface area contributed by atoms with E-state index in [1.54, 1.807) is 35.1 Å². The van der Waals surface area contributed by atoms with Crippen molar-refractivity contribution in [1.82, 2.24) is 24.9 Å². The lowest BCUT2D eigenvalue weighted by Crippen LogP contribution is -2.19. The van der Waals surface area contributed by atoms with Crippen LogP contribution in [-0.4, -0.2) is 48.7 Å². The molecule has 2 saturated carbocycles. The maximum absolute atomic E-state index is 10.8. The first kappa shape index (κ1) is 21.8. The predicted molar refractivity (Wildman–Crippen MR) is 136 cm³/mol. The number of hydrogen-bond donors (Lipinski definition) is 3. The summed E-state index contributed by atoms with van der Waals surface area (Å²) in [5.74, 6) is 2.35. The number of nitrogens with zero attached hydrogens (tertiary/aromatic N) is 5. The third kappa shape index (κ3) is 4.62. The Morgan fingerprint density at radius 1 is 1.15 bits per heavy atom. The lowest BCUT2D eigenvalue weighted by atomic mass is 10.0. The van der Waals surface area contributed by atoms with Crippen LogP contribution in [0.25, 0.3) is 20.8 Å². The number of rotatable bonds is 8. The Kier molecular flexibility index (Phi) is 5.88. The van der Waals surface area contributed by atoms with E-state index in [2.05, 4.69) is 20.6 Å². The van der Waals surface area contributed by atoms with E-state index in [-0.39, 0.29) is 18.1 Å². The summed E-state index contributed by atoms with van der Waals surface area (Å²) in [7, 11) is 0. The van der Waals surface area contributed by atoms with Crippen LogP contribution in [0.5, 0.6) is 0 Å². The Morgan fingerprint density at radius 2 is 2.06 bits per heavy atom. The van der Waals surface area contributed by atoms with E-state index < -0.39 is 0 Å². The Hall–Kier alpha value is -2.69. The molecule has 6 rings (SSSR count). The summed E-state index contributed by atoms with van der Waals surface area (Å²) in [6.07, 6.45) is 9.98. The number of fused-ring (bicyclic) bond motifs is 1. The first-order valence-corrected chi connectivity index (χ1v) is 13.5. The fourth-order valence-electron chi connectivity index (χ4n) is 4.67. The van der Waals surface area contributed by atoms with Crippen molar-refractivity contribution in [2.24, 2.45) is 11.8 Å². The molecule has 8 nitrogen and oxygen atoms in total. The highest BCUT2D eigenvalue weighted by Gasteiger charge is 2.34. The van der Waals surface area contributed by atoms with Crippen LogP contribution in [0.1, 0.15) is 36.4 Å². The maximum Gasteiger partial charge on any atom is 0.224 e. The van der Waals surface area contributed by atoms with Crippen LogP contribution < -0.4 is 10.6 Å². The van der Waals surface area contributed by atoms with Gasteiger partial charge in [0.1, 0.15) is 16.3 Å². The average Bonchev–Trinajstić information content (AvgIpc) is 3.16. The largest absolute Gasteiger partial charge is 0.393 e. The van der Waals surface area contributed by atoms with Crippen molar-refractivity contribution >= 4 is 44.7 Å². The molecule has 4 aromatic rings. The van der Waals surface area contributed by atoms with Crippen LogP contribution in [0, 0.1) is 18.8 Å². The monoisotopic (exact) mass is 493 g/mol. The van der Waals surface area contributed by atoms with Gasteiger partial charge in [0, 0.05) is 36.8 Å². The number of aromatic nitrogens is 5. The lowest BCUT2D eigenvalue weighted by Gasteiger charge is -2.18. The van der Waals surface area contributed by atoms with Crippen LogP contribution in [-0.2, 0) is 6.42 Å². The molecular weight excluding hydrogens is 466 g/mol. The molecule has 0 aliphatic heterocycles. The molecule has 4 aromatic heterocycles. The number of thiazole rings is 2. The molecule has 0 spiro atoms. The minimum absolute atomic E-state index is 0.125. The Bertz CT molecular complexity index is 1250. The smallest absolute Gasteiger partial charge is 0.224 e. The van der Waals surface area contributed by atoms with Gasteiger partial charge in [-0.1, -0.05) is 0 Å². The van der Waals surface area contributed by atoms with Gasteiger partial charge in [-0.05, 0) is 50.5 Å². The molecule has 3 atom stereocenters. The fourth-order valence-corrected chi connectivity index (χ4v) is 6.41. The van der Waals surface area contributed by atoms with E-state index in [4.69, 9.17) is 15.0 Å². The topological polar surface area (TPSA) is 109 Å². The lowest BCUT2D eigenvalue weighted by molar-refractivity contribution is 0.132. The van der Waals surface area contributed by atoms with Gasteiger partial charge in [0.15, 0.2) is 0 Å². The van der Waals surface area contributed by atoms with Crippen LogP contribution in [0.3, 0.4) is 0 Å². The standard InChI is InChI=1S/C24H27N7OS2/c1-13-21(23-30-17-12-25-5-4-19(17)34-23)22(31-24(28-13)27-11-14-2-3-14)29-16-8-15(18(32)10-16)9-20-26-6-7-33-20/h4-7,12,14-16,18,32H,2-3,8-11H2,1H3,(H2,27,28,29,31)/t15-,16-,18+/m1/s1. The molecule has 0 aromatic carbocycles. The number of aliphatic hydroxyl groups excluding tert-OH is 1. The van der Waals surface area contributed by atoms with E-state index in [0.29, 0.717) is 12.4 Å². The number of pyridine rings is 1. The second-order valence-corrected chi connectivity index (χ2v) is 11.3. The Balaban J connectivity index is 1.30. The molecule has 3 N–H and O–H groups in total. The van der Waals surface area contributed by atoms with E-state index in [9.17, 15) is 5.11 Å². The van der Waals surface area contributed by atoms with Crippen molar-refractivity contribution in [2.75, 3.05) is 17.2 Å². The molecule has 2 aliphatic rings. The molecular formula is C24H27N7OS2. The van der Waals surface area contributed by atoms with E-state index in [0.717, 1.165) is 62.6 Å². The number of aliphatic hydroxyl groups is 1. The fraction of sp³-hybridized carbons (Fsp3) is 0.458. The zero-order valence-corrected chi connectivity index (χ0v) is 20.6. The number of aryl methyl sites for hydroxylation is 1. The normalized spacial score (nSPS) is 22.4. The summed E-state index contributed by atoms with van der Waals surface area (Å²) < 4.78 is 1.09. The molecule has 2 aliphatic carbocycles. The molecule has 0 unspecified atom stereocenters. The van der Waals surface area contributed by atoms with Crippen molar-refractivity contribution in [3.63, 3.8) is 0 Å². The van der Waals surface area contributed by atoms with Crippen molar-refractivity contribution < 1.29 is 5.11 Å². The van der Waals surface area contributed by atoms with Gasteiger partial charge in [0.25, 0.3) is 0 Å². The van der Waals surface area contributed by atoms with Crippen molar-refractivity contribution in [2.45, 2.75) is 51.2 Å². The Labute approximate surface area is 206 Å². The maximum atomic E-state index is 10.8. The highest BCUT2D eigenvalue weighted by molar-refractivity contribution is 7.21. The van der Waals surface area contributed by atoms with Crippen LogP contribution in [0.4, 0.5) is 11.8 Å². The minimum Gasteiger partial charge on any atom is -0.393 e. The first-order valence-electron chi connectivity index (χ1n) is 11.8. The molecule has 0 amide bonds. The predicted octanol–water partition coefficient (Wildman–Crippen LogP) is 4.53. The molecule has 176 valence electrons. The van der Waals surface area contributed by atoms with Crippen LogP contribution in [0.15, 0.2) is 30.0 Å². The minimum atomic E-state index is -0.353. The summed E-state index contributed by atoms with van der Waals surface area (Å²) >= 11 is 3.28. The van der Waals surface area contributed by atoms with Crippen LogP contribution in [0.2, 0.25) is 0 Å². The summed E-state index contributed by atoms with van der Waals surface area (Å²) in [4.78, 5) is 23.1. The van der Waals surface area contributed by atoms with Gasteiger partial charge >= 0.3 is 0 Å². The van der Waals surface area contributed by atoms with Gasteiger partial charge in [-0.2, -0.15) is 4.98 Å². The summed E-state index contributed by atoms with van der Waals surface area (Å²) in [6, 6.07) is 2.11. The molecule has 0 saturated heterocycles. The van der Waals surface area contributed by atoms with Gasteiger partial charge in [-0.25, -0.2) is 15.0 Å². The van der Waals surface area contributed by atoms with E-state index in [1.165, 1.54) is 12.8 Å². The van der Waals surface area contributed by atoms with Crippen molar-refractivity contribution in [3.05, 3.63) is 40.7 Å². The third-order valence-corrected chi connectivity index (χ3v) is 8.51. The van der Waals surface area contributed by atoms with Gasteiger partial charge in [0.2, 0.25) is 5.95 Å². The number of anilines is 2. The summed E-state index contributed by atoms with van der Waals surface area (Å²) in [6.45, 7) is 2.92. The van der Waals surface area contributed by atoms with Gasteiger partial charge in [0.05, 0.1) is 33.3 Å². The highest BCUT2D eigenvalue weighted by Crippen LogP contribution is 2.38. The second kappa shape index (κ2) is 9.16. The SMILES string of the molecule is Cc1nc(NCC2CC2)nc(N[C@@H]2C[C@H](Cc3nccs3)[C@@H](O)C2)c1-c1nc2cnccc2s1. The first-order chi connectivity index (χ1) is 16.6. The number of hydrogen-bond acceptors (Lipinski definition) is 10. The molecule has 0 radical (unpaired) electrons. The van der Waals surface area contributed by atoms with E-state index in [1.807, 2.05) is 24.6 Å². The molecule has 34 heavy (non-hydrogen) atoms. The molecule has 4 heterocycles. The van der Waals surface area contributed by atoms with Crippen LogP contribution >= 0.6 is 22.7 Å². The second-order valence-electron chi connectivity index (χ2n) is 9.31. The molecule has 2 fully saturated rings. The zero-order chi connectivity index (χ0) is 23.1.